The van der Waals surface area contributed by atoms with Gasteiger partial charge in [0.2, 0.25) is 0 Å². The van der Waals surface area contributed by atoms with Crippen molar-refractivity contribution in [3.63, 3.8) is 0 Å². The first-order chi connectivity index (χ1) is 7.24. The maximum absolute atomic E-state index is 4.28. The summed E-state index contributed by atoms with van der Waals surface area (Å²) >= 11 is 1.71. The molecule has 0 amide bonds. The molecule has 0 aliphatic heterocycles. The molecular weight excluding hydrogens is 206 g/mol. The standard InChI is InChI=1S/C11H13N3S/c1-8-3-4-10(12-5-8)13-7-11-14-6-9(2)15-11/h3-6H,7H2,1-2H3,(H,12,13). The van der Waals surface area contributed by atoms with Crippen molar-refractivity contribution >= 4 is 17.2 Å². The molecule has 15 heavy (non-hydrogen) atoms. The van der Waals surface area contributed by atoms with Gasteiger partial charge in [0.05, 0.1) is 6.54 Å². The van der Waals surface area contributed by atoms with Crippen molar-refractivity contribution in [1.29, 1.82) is 0 Å². The van der Waals surface area contributed by atoms with Gasteiger partial charge in [-0.15, -0.1) is 11.3 Å². The van der Waals surface area contributed by atoms with Crippen LogP contribution in [-0.4, -0.2) is 9.97 Å². The predicted octanol–water partition coefficient (Wildman–Crippen LogP) is 2.77. The van der Waals surface area contributed by atoms with Crippen molar-refractivity contribution in [3.8, 4) is 0 Å². The number of nitrogens with zero attached hydrogens (tertiary/aromatic N) is 2. The van der Waals surface area contributed by atoms with Crippen LogP contribution in [0.4, 0.5) is 5.82 Å². The van der Waals surface area contributed by atoms with Crippen LogP contribution in [0.3, 0.4) is 0 Å². The minimum Gasteiger partial charge on any atom is -0.364 e. The number of aromatic nitrogens is 2. The van der Waals surface area contributed by atoms with Crippen molar-refractivity contribution in [2.45, 2.75) is 20.4 Å². The van der Waals surface area contributed by atoms with Crippen LogP contribution in [0.15, 0.2) is 24.5 Å². The highest BCUT2D eigenvalue weighted by Gasteiger charge is 1.98. The molecule has 0 radical (unpaired) electrons. The van der Waals surface area contributed by atoms with Crippen LogP contribution in [0.1, 0.15) is 15.4 Å². The lowest BCUT2D eigenvalue weighted by atomic mass is 10.3. The van der Waals surface area contributed by atoms with Crippen LogP contribution >= 0.6 is 11.3 Å². The zero-order valence-electron chi connectivity index (χ0n) is 8.82. The summed E-state index contributed by atoms with van der Waals surface area (Å²) in [5.41, 5.74) is 1.17. The molecule has 2 heterocycles. The fourth-order valence-corrected chi connectivity index (χ4v) is 1.95. The summed E-state index contributed by atoms with van der Waals surface area (Å²) in [5.74, 6) is 0.897. The number of hydrogen-bond acceptors (Lipinski definition) is 4. The molecule has 2 aromatic rings. The van der Waals surface area contributed by atoms with Crippen LogP contribution in [0.5, 0.6) is 0 Å². The molecule has 4 heteroatoms. The van der Waals surface area contributed by atoms with Crippen LogP contribution in [0, 0.1) is 13.8 Å². The molecule has 1 N–H and O–H groups in total. The fraction of sp³-hybridized carbons (Fsp3) is 0.273. The minimum absolute atomic E-state index is 0.745. The number of pyridine rings is 1. The van der Waals surface area contributed by atoms with E-state index in [0.29, 0.717) is 0 Å². The SMILES string of the molecule is Cc1ccc(NCc2ncc(C)s2)nc1. The van der Waals surface area contributed by atoms with Crippen LogP contribution in [-0.2, 0) is 6.54 Å². The Morgan fingerprint density at radius 1 is 1.20 bits per heavy atom. The number of anilines is 1. The Morgan fingerprint density at radius 2 is 2.07 bits per heavy atom. The van der Waals surface area contributed by atoms with Gasteiger partial charge in [0, 0.05) is 17.3 Å². The van der Waals surface area contributed by atoms with Crippen LogP contribution < -0.4 is 5.32 Å². The maximum atomic E-state index is 4.28. The van der Waals surface area contributed by atoms with Crippen molar-refractivity contribution in [3.05, 3.63) is 40.0 Å². The number of thiazole rings is 1. The Balaban J connectivity index is 1.96. The van der Waals surface area contributed by atoms with E-state index in [2.05, 4.69) is 22.2 Å². The van der Waals surface area contributed by atoms with Crippen LogP contribution in [0.2, 0.25) is 0 Å². The average molecular weight is 219 g/mol. The van der Waals surface area contributed by atoms with Gasteiger partial charge in [-0.2, -0.15) is 0 Å². The maximum Gasteiger partial charge on any atom is 0.126 e. The molecule has 0 saturated heterocycles. The highest BCUT2D eigenvalue weighted by Crippen LogP contribution is 2.13. The molecule has 2 rings (SSSR count). The van der Waals surface area contributed by atoms with E-state index in [1.165, 1.54) is 10.4 Å². The Bertz CT molecular complexity index is 433. The predicted molar refractivity (Wildman–Crippen MR) is 63.2 cm³/mol. The molecule has 78 valence electrons. The number of rotatable bonds is 3. The monoisotopic (exact) mass is 219 g/mol. The van der Waals surface area contributed by atoms with Crippen molar-refractivity contribution in [1.82, 2.24) is 9.97 Å². The molecule has 0 saturated carbocycles. The Hall–Kier alpha value is -1.42. The Kier molecular flexibility index (Phi) is 2.97. The highest BCUT2D eigenvalue weighted by molar-refractivity contribution is 7.11. The Morgan fingerprint density at radius 3 is 2.67 bits per heavy atom. The molecule has 0 aromatic carbocycles. The first-order valence-corrected chi connectivity index (χ1v) is 5.63. The summed E-state index contributed by atoms with van der Waals surface area (Å²) in [6, 6.07) is 4.03. The van der Waals surface area contributed by atoms with Gasteiger partial charge >= 0.3 is 0 Å². The van der Waals surface area contributed by atoms with E-state index in [-0.39, 0.29) is 0 Å². The molecule has 3 nitrogen and oxygen atoms in total. The summed E-state index contributed by atoms with van der Waals surface area (Å²) < 4.78 is 0. The zero-order valence-corrected chi connectivity index (χ0v) is 9.64. The van der Waals surface area contributed by atoms with E-state index in [4.69, 9.17) is 0 Å². The molecule has 0 bridgehead atoms. The first-order valence-electron chi connectivity index (χ1n) is 4.82. The average Bonchev–Trinajstić information content (AvgIpc) is 2.64. The summed E-state index contributed by atoms with van der Waals surface area (Å²) in [7, 11) is 0. The van der Waals surface area contributed by atoms with Gasteiger partial charge in [-0.05, 0) is 25.5 Å². The fourth-order valence-electron chi connectivity index (χ4n) is 1.22. The minimum atomic E-state index is 0.745. The molecule has 0 fully saturated rings. The van der Waals surface area contributed by atoms with Gasteiger partial charge in [0.25, 0.3) is 0 Å². The number of nitrogens with one attached hydrogen (secondary N) is 1. The quantitative estimate of drug-likeness (QED) is 0.862. The second kappa shape index (κ2) is 4.40. The van der Waals surface area contributed by atoms with Crippen molar-refractivity contribution in [2.24, 2.45) is 0 Å². The molecule has 0 atom stereocenters. The number of hydrogen-bond donors (Lipinski definition) is 1. The highest BCUT2D eigenvalue weighted by atomic mass is 32.1. The molecule has 2 aromatic heterocycles. The third kappa shape index (κ3) is 2.76. The lowest BCUT2D eigenvalue weighted by Crippen LogP contribution is -2.00. The Labute approximate surface area is 93.2 Å². The second-order valence-electron chi connectivity index (χ2n) is 3.44. The number of aryl methyl sites for hydroxylation is 2. The largest absolute Gasteiger partial charge is 0.364 e. The molecule has 0 unspecified atom stereocenters. The molecule has 0 spiro atoms. The molecule has 0 aliphatic carbocycles. The van der Waals surface area contributed by atoms with Gasteiger partial charge < -0.3 is 5.32 Å². The van der Waals surface area contributed by atoms with E-state index in [1.807, 2.05) is 31.5 Å². The smallest absolute Gasteiger partial charge is 0.126 e. The summed E-state index contributed by atoms with van der Waals surface area (Å²) in [4.78, 5) is 9.78. The first kappa shape index (κ1) is 10.1. The third-order valence-electron chi connectivity index (χ3n) is 2.00. The lowest BCUT2D eigenvalue weighted by molar-refractivity contribution is 1.07. The summed E-state index contributed by atoms with van der Waals surface area (Å²) in [6.45, 7) is 4.83. The van der Waals surface area contributed by atoms with E-state index in [0.717, 1.165) is 17.4 Å². The lowest BCUT2D eigenvalue weighted by Gasteiger charge is -2.02. The van der Waals surface area contributed by atoms with Crippen molar-refractivity contribution < 1.29 is 0 Å². The topological polar surface area (TPSA) is 37.8 Å². The molecular formula is C11H13N3S. The van der Waals surface area contributed by atoms with Crippen LogP contribution in [0.25, 0.3) is 0 Å². The third-order valence-corrected chi connectivity index (χ3v) is 2.91. The van der Waals surface area contributed by atoms with E-state index < -0.39 is 0 Å². The van der Waals surface area contributed by atoms with E-state index in [1.54, 1.807) is 11.3 Å². The van der Waals surface area contributed by atoms with Gasteiger partial charge in [-0.25, -0.2) is 9.97 Å². The van der Waals surface area contributed by atoms with Crippen molar-refractivity contribution in [2.75, 3.05) is 5.32 Å². The van der Waals surface area contributed by atoms with Gasteiger partial charge in [-0.1, -0.05) is 6.07 Å². The normalized spacial score (nSPS) is 10.3. The summed E-state index contributed by atoms with van der Waals surface area (Å²) in [6.07, 6.45) is 3.75. The van der Waals surface area contributed by atoms with Gasteiger partial charge in [0.15, 0.2) is 0 Å². The van der Waals surface area contributed by atoms with E-state index >= 15 is 0 Å². The van der Waals surface area contributed by atoms with E-state index in [9.17, 15) is 0 Å². The molecule has 0 aliphatic rings. The van der Waals surface area contributed by atoms with Gasteiger partial charge in [0.1, 0.15) is 10.8 Å². The summed E-state index contributed by atoms with van der Waals surface area (Å²) in [5, 5.41) is 4.33. The van der Waals surface area contributed by atoms with Gasteiger partial charge in [-0.3, -0.25) is 0 Å². The second-order valence-corrected chi connectivity index (χ2v) is 4.76. The zero-order chi connectivity index (χ0) is 10.7.